The molecule has 36 heavy (non-hydrogen) atoms. The highest BCUT2D eigenvalue weighted by Gasteiger charge is 2.19. The number of ether oxygens (including phenoxy) is 2. The minimum Gasteiger partial charge on any atom is -0.486 e. The molecule has 3 heterocycles. The number of aryl methyl sites for hydroxylation is 4. The van der Waals surface area contributed by atoms with Crippen LogP contribution in [0.15, 0.2) is 42.5 Å². The summed E-state index contributed by atoms with van der Waals surface area (Å²) >= 11 is 0. The third-order valence-electron chi connectivity index (χ3n) is 6.90. The number of rotatable bonds is 6. The fourth-order valence-corrected chi connectivity index (χ4v) is 4.91. The summed E-state index contributed by atoms with van der Waals surface area (Å²) in [7, 11) is 0. The van der Waals surface area contributed by atoms with Crippen molar-refractivity contribution in [2.45, 2.75) is 53.5 Å². The largest absolute Gasteiger partial charge is 0.486 e. The van der Waals surface area contributed by atoms with E-state index in [1.165, 1.54) is 5.56 Å². The van der Waals surface area contributed by atoms with Crippen molar-refractivity contribution in [1.29, 1.82) is 0 Å². The number of amides is 1. The van der Waals surface area contributed by atoms with Gasteiger partial charge in [-0.15, -0.1) is 0 Å². The van der Waals surface area contributed by atoms with Crippen molar-refractivity contribution in [2.75, 3.05) is 13.2 Å². The van der Waals surface area contributed by atoms with E-state index < -0.39 is 0 Å². The normalized spacial score (nSPS) is 13.6. The van der Waals surface area contributed by atoms with Crippen LogP contribution < -0.4 is 14.8 Å². The molecule has 186 valence electrons. The van der Waals surface area contributed by atoms with Gasteiger partial charge < -0.3 is 14.8 Å². The predicted molar refractivity (Wildman–Crippen MR) is 140 cm³/mol. The third-order valence-corrected chi connectivity index (χ3v) is 6.90. The highest BCUT2D eigenvalue weighted by Crippen LogP contribution is 2.33. The number of carbonyl (C=O) groups excluding carboxylic acids is 1. The van der Waals surface area contributed by atoms with Crippen molar-refractivity contribution in [3.05, 3.63) is 76.1 Å². The summed E-state index contributed by atoms with van der Waals surface area (Å²) in [5.41, 5.74) is 8.15. The average Bonchev–Trinajstić information content (AvgIpc) is 3.19. The van der Waals surface area contributed by atoms with E-state index in [4.69, 9.17) is 19.6 Å². The summed E-state index contributed by atoms with van der Waals surface area (Å²) in [6.45, 7) is 11.3. The van der Waals surface area contributed by atoms with Crippen molar-refractivity contribution in [2.24, 2.45) is 0 Å². The van der Waals surface area contributed by atoms with E-state index in [1.54, 1.807) is 0 Å². The summed E-state index contributed by atoms with van der Waals surface area (Å²) in [6, 6.07) is 14.0. The molecule has 2 aromatic carbocycles. The quantitative estimate of drug-likeness (QED) is 0.405. The number of carbonyl (C=O) groups is 1. The lowest BCUT2D eigenvalue weighted by atomic mass is 9.99. The van der Waals surface area contributed by atoms with Gasteiger partial charge in [-0.2, -0.15) is 5.10 Å². The van der Waals surface area contributed by atoms with E-state index in [2.05, 4.69) is 43.4 Å². The van der Waals surface area contributed by atoms with Gasteiger partial charge >= 0.3 is 0 Å². The van der Waals surface area contributed by atoms with Gasteiger partial charge in [0.05, 0.1) is 17.4 Å². The zero-order valence-corrected chi connectivity index (χ0v) is 21.5. The molecule has 1 unspecified atom stereocenters. The number of benzene rings is 2. The highest BCUT2D eigenvalue weighted by atomic mass is 16.6. The first kappa shape index (κ1) is 23.9. The Bertz CT molecular complexity index is 1440. The molecule has 5 rings (SSSR count). The molecule has 1 amide bonds. The van der Waals surface area contributed by atoms with E-state index in [0.29, 0.717) is 26.1 Å². The number of nitrogens with zero attached hydrogens (tertiary/aromatic N) is 3. The zero-order chi connectivity index (χ0) is 25.4. The Morgan fingerprint density at radius 2 is 1.72 bits per heavy atom. The van der Waals surface area contributed by atoms with E-state index in [9.17, 15) is 4.79 Å². The standard InChI is InChI=1S/C29H32N4O3/c1-17-6-9-23(10-7-17)33-29-28(21(5)32-33)18(2)24(20(4)31-29)11-13-27(34)30-19(3)22-8-12-25-26(16-22)36-15-14-35-25/h6-10,12,16,19H,11,13-15H2,1-5H3,(H,30,34). The number of hydrogen-bond acceptors (Lipinski definition) is 5. The van der Waals surface area contributed by atoms with Crippen molar-refractivity contribution in [3.63, 3.8) is 0 Å². The molecule has 0 saturated heterocycles. The molecule has 1 aliphatic heterocycles. The minimum atomic E-state index is -0.133. The van der Waals surface area contributed by atoms with Crippen LogP contribution in [0.5, 0.6) is 11.5 Å². The van der Waals surface area contributed by atoms with Crippen LogP contribution in [0.2, 0.25) is 0 Å². The van der Waals surface area contributed by atoms with E-state index >= 15 is 0 Å². The van der Waals surface area contributed by atoms with Gasteiger partial charge in [0, 0.05) is 17.5 Å². The molecule has 1 N–H and O–H groups in total. The summed E-state index contributed by atoms with van der Waals surface area (Å²) in [5.74, 6) is 1.48. The number of nitrogens with one attached hydrogen (secondary N) is 1. The molecule has 2 aromatic heterocycles. The van der Waals surface area contributed by atoms with Crippen LogP contribution in [0.3, 0.4) is 0 Å². The smallest absolute Gasteiger partial charge is 0.220 e. The molecule has 0 radical (unpaired) electrons. The van der Waals surface area contributed by atoms with Gasteiger partial charge in [-0.3, -0.25) is 4.79 Å². The van der Waals surface area contributed by atoms with E-state index in [0.717, 1.165) is 56.3 Å². The van der Waals surface area contributed by atoms with Crippen LogP contribution in [0.1, 0.15) is 53.0 Å². The topological polar surface area (TPSA) is 78.3 Å². The number of pyridine rings is 1. The van der Waals surface area contributed by atoms with Gasteiger partial charge in [0.15, 0.2) is 17.1 Å². The Morgan fingerprint density at radius 1 is 1.00 bits per heavy atom. The minimum absolute atomic E-state index is 0.00311. The van der Waals surface area contributed by atoms with Gasteiger partial charge in [0.25, 0.3) is 0 Å². The maximum absolute atomic E-state index is 12.9. The lowest BCUT2D eigenvalue weighted by Crippen LogP contribution is -2.27. The Kier molecular flexibility index (Phi) is 6.39. The van der Waals surface area contributed by atoms with Gasteiger partial charge in [-0.05, 0) is 82.0 Å². The van der Waals surface area contributed by atoms with Crippen LogP contribution in [-0.4, -0.2) is 33.9 Å². The van der Waals surface area contributed by atoms with Crippen molar-refractivity contribution >= 4 is 16.9 Å². The first-order valence-corrected chi connectivity index (χ1v) is 12.4. The lowest BCUT2D eigenvalue weighted by Gasteiger charge is -2.21. The van der Waals surface area contributed by atoms with Crippen molar-refractivity contribution in [3.8, 4) is 17.2 Å². The maximum atomic E-state index is 12.9. The Balaban J connectivity index is 1.32. The van der Waals surface area contributed by atoms with Crippen molar-refractivity contribution < 1.29 is 14.3 Å². The molecule has 0 fully saturated rings. The summed E-state index contributed by atoms with van der Waals surface area (Å²) < 4.78 is 13.2. The summed E-state index contributed by atoms with van der Waals surface area (Å²) in [4.78, 5) is 17.8. The van der Waals surface area contributed by atoms with Gasteiger partial charge in [-0.25, -0.2) is 9.67 Å². The molecule has 0 spiro atoms. The molecule has 7 nitrogen and oxygen atoms in total. The second-order valence-corrected chi connectivity index (χ2v) is 9.52. The molecular weight excluding hydrogens is 452 g/mol. The SMILES string of the molecule is Cc1ccc(-n2nc(C)c3c(C)c(CCC(=O)NC(C)c4ccc5c(c4)OCCO5)c(C)nc32)cc1. The van der Waals surface area contributed by atoms with Gasteiger partial charge in [0.2, 0.25) is 5.91 Å². The Morgan fingerprint density at radius 3 is 2.47 bits per heavy atom. The second-order valence-electron chi connectivity index (χ2n) is 9.52. The molecule has 4 aromatic rings. The van der Waals surface area contributed by atoms with Crippen LogP contribution in [-0.2, 0) is 11.2 Å². The fraction of sp³-hybridized carbons (Fsp3) is 0.345. The van der Waals surface area contributed by atoms with Crippen molar-refractivity contribution in [1.82, 2.24) is 20.1 Å². The molecule has 0 bridgehead atoms. The van der Waals surface area contributed by atoms with E-state index in [-0.39, 0.29) is 11.9 Å². The van der Waals surface area contributed by atoms with Gasteiger partial charge in [-0.1, -0.05) is 23.8 Å². The van der Waals surface area contributed by atoms with Crippen LogP contribution in [0.25, 0.3) is 16.7 Å². The molecule has 1 aliphatic rings. The van der Waals surface area contributed by atoms with Crippen LogP contribution >= 0.6 is 0 Å². The zero-order valence-electron chi connectivity index (χ0n) is 21.5. The second kappa shape index (κ2) is 9.64. The van der Waals surface area contributed by atoms with Crippen LogP contribution in [0, 0.1) is 27.7 Å². The predicted octanol–water partition coefficient (Wildman–Crippen LogP) is 5.24. The monoisotopic (exact) mass is 484 g/mol. The third kappa shape index (κ3) is 4.53. The number of hydrogen-bond donors (Lipinski definition) is 1. The van der Waals surface area contributed by atoms with E-state index in [1.807, 2.05) is 43.7 Å². The molecule has 7 heteroatoms. The summed E-state index contributed by atoms with van der Waals surface area (Å²) in [6.07, 6.45) is 1.00. The first-order chi connectivity index (χ1) is 17.3. The lowest BCUT2D eigenvalue weighted by molar-refractivity contribution is -0.121. The molecular formula is C29H32N4O3. The first-order valence-electron chi connectivity index (χ1n) is 12.4. The summed E-state index contributed by atoms with van der Waals surface area (Å²) in [5, 5.41) is 8.96. The average molecular weight is 485 g/mol. The van der Waals surface area contributed by atoms with Crippen LogP contribution in [0.4, 0.5) is 0 Å². The maximum Gasteiger partial charge on any atom is 0.220 e. The number of fused-ring (bicyclic) bond motifs is 2. The highest BCUT2D eigenvalue weighted by molar-refractivity contribution is 5.85. The van der Waals surface area contributed by atoms with Gasteiger partial charge in [0.1, 0.15) is 13.2 Å². The molecule has 0 aliphatic carbocycles. The fourth-order valence-electron chi connectivity index (χ4n) is 4.91. The molecule has 0 saturated carbocycles. The molecule has 1 atom stereocenters. The Labute approximate surface area is 211 Å². The number of aromatic nitrogens is 3. The Hall–Kier alpha value is -3.87.